The molecular weight excluding hydrogens is 591 g/mol. The molecule has 16 heteroatoms. The van der Waals surface area contributed by atoms with Crippen molar-refractivity contribution < 1.29 is 29.1 Å². The Morgan fingerprint density at radius 1 is 1.24 bits per heavy atom. The number of fused-ring (bicyclic) bond motifs is 1. The van der Waals surface area contributed by atoms with Crippen LogP contribution in [0.2, 0.25) is 0 Å². The van der Waals surface area contributed by atoms with Gasteiger partial charge < -0.3 is 26.3 Å². The molecular formula is C25H25N7O6S3. The number of nitrogens with one attached hydrogen (secondary N) is 2. The summed E-state index contributed by atoms with van der Waals surface area (Å²) in [4.78, 5) is 67.2. The molecule has 13 nitrogen and oxygen atoms in total. The number of carbonyl (C=O) groups is 4. The lowest BCUT2D eigenvalue weighted by molar-refractivity contribution is -0.150. The number of aromatic nitrogens is 2. The number of nitrogen functional groups attached to an aromatic ring is 1. The van der Waals surface area contributed by atoms with E-state index < -0.39 is 29.2 Å². The normalized spacial score (nSPS) is 24.2. The van der Waals surface area contributed by atoms with Crippen LogP contribution in [0.25, 0.3) is 5.57 Å². The van der Waals surface area contributed by atoms with Gasteiger partial charge in [0.05, 0.1) is 0 Å². The Morgan fingerprint density at radius 2 is 2.05 bits per heavy atom. The molecule has 1 saturated carbocycles. The van der Waals surface area contributed by atoms with Crippen molar-refractivity contribution in [2.75, 3.05) is 18.0 Å². The van der Waals surface area contributed by atoms with Crippen LogP contribution >= 0.6 is 34.4 Å². The highest BCUT2D eigenvalue weighted by Crippen LogP contribution is 2.45. The van der Waals surface area contributed by atoms with Gasteiger partial charge in [0.15, 0.2) is 10.8 Å². The number of allylic oxidation sites excluding steroid dienone is 1. The van der Waals surface area contributed by atoms with Gasteiger partial charge in [-0.3, -0.25) is 19.3 Å². The zero-order valence-corrected chi connectivity index (χ0v) is 23.9. The molecule has 2 aromatic rings. The fourth-order valence-corrected chi connectivity index (χ4v) is 7.93. The van der Waals surface area contributed by atoms with Gasteiger partial charge in [0.2, 0.25) is 5.91 Å². The summed E-state index contributed by atoms with van der Waals surface area (Å²) in [6.07, 6.45) is 5.59. The number of hydrogen-bond donors (Lipinski definition) is 4. The summed E-state index contributed by atoms with van der Waals surface area (Å²) < 4.78 is 0. The van der Waals surface area contributed by atoms with Crippen LogP contribution in [0.4, 0.5) is 5.13 Å². The molecule has 3 fully saturated rings. The van der Waals surface area contributed by atoms with Gasteiger partial charge in [-0.1, -0.05) is 5.16 Å². The topological polar surface area (TPSA) is 189 Å². The molecule has 0 aromatic carbocycles. The summed E-state index contributed by atoms with van der Waals surface area (Å²) in [7, 11) is 0. The van der Waals surface area contributed by atoms with E-state index >= 15 is 0 Å². The molecule has 41 heavy (non-hydrogen) atoms. The van der Waals surface area contributed by atoms with Crippen molar-refractivity contribution in [1.82, 2.24) is 25.5 Å². The van der Waals surface area contributed by atoms with Crippen molar-refractivity contribution in [3.05, 3.63) is 44.5 Å². The van der Waals surface area contributed by atoms with Gasteiger partial charge in [-0.25, -0.2) is 14.8 Å². The number of oxime groups is 1. The Labute approximate surface area is 245 Å². The Morgan fingerprint density at radius 3 is 2.68 bits per heavy atom. The standard InChI is InChI=1S/C25H25N7O6S3/c26-25-29-14(10-41-25)16(31-38-11-3-1-2-4-11)20(34)30-17-22(35)32-18(24(36)37)13(9-40-23(17)32)15(21-28-7-8-39-21)12-5-6-27-19(12)33/h7-8,10-11,17,23H,1-6,9H2,(H2,26,29)(H,27,33)(H,30,34)(H,36,37)/t17-,23-/m1/s1. The number of aliphatic carboxylic acids is 1. The van der Waals surface area contributed by atoms with E-state index in [0.717, 1.165) is 37.0 Å². The SMILES string of the molecule is Nc1nc(C(=NOC2CCCC2)C(=O)N[C@@H]2C(=O)N3C(C(=O)O)=C(C(=C4CCNC4=O)c4nccs4)CS[C@H]23)cs1. The highest BCUT2D eigenvalue weighted by Gasteiger charge is 2.55. The predicted octanol–water partition coefficient (Wildman–Crippen LogP) is 1.56. The van der Waals surface area contributed by atoms with Crippen molar-refractivity contribution in [2.24, 2.45) is 5.16 Å². The molecule has 3 aliphatic heterocycles. The maximum Gasteiger partial charge on any atom is 0.352 e. The van der Waals surface area contributed by atoms with E-state index in [4.69, 9.17) is 10.6 Å². The lowest BCUT2D eigenvalue weighted by Gasteiger charge is -2.49. The zero-order valence-electron chi connectivity index (χ0n) is 21.5. The van der Waals surface area contributed by atoms with Crippen LogP contribution in [-0.2, 0) is 24.0 Å². The molecule has 0 radical (unpaired) electrons. The first-order valence-electron chi connectivity index (χ1n) is 12.9. The van der Waals surface area contributed by atoms with E-state index in [0.29, 0.717) is 34.7 Å². The summed E-state index contributed by atoms with van der Waals surface area (Å²) in [6, 6.07) is -0.998. The largest absolute Gasteiger partial charge is 0.477 e. The Balaban J connectivity index is 1.28. The van der Waals surface area contributed by atoms with Crippen LogP contribution < -0.4 is 16.4 Å². The number of nitrogens with zero attached hydrogens (tertiary/aromatic N) is 4. The fourth-order valence-electron chi connectivity index (χ4n) is 5.29. The van der Waals surface area contributed by atoms with E-state index in [1.54, 1.807) is 17.0 Å². The molecule has 2 atom stereocenters. The summed E-state index contributed by atoms with van der Waals surface area (Å²) in [5, 5.41) is 23.2. The number of nitrogens with two attached hydrogens (primary N) is 1. The molecule has 0 unspecified atom stereocenters. The average molecular weight is 616 g/mol. The summed E-state index contributed by atoms with van der Waals surface area (Å²) in [6.45, 7) is 0.435. The van der Waals surface area contributed by atoms with E-state index in [9.17, 15) is 24.3 Å². The van der Waals surface area contributed by atoms with Crippen LogP contribution in [0.1, 0.15) is 42.8 Å². The van der Waals surface area contributed by atoms with Gasteiger partial charge in [-0.2, -0.15) is 0 Å². The number of β-lactam (4-membered cyclic amide) rings is 1. The number of thioether (sulfide) groups is 1. The van der Waals surface area contributed by atoms with Crippen LogP contribution in [0.15, 0.2) is 39.0 Å². The van der Waals surface area contributed by atoms with Crippen LogP contribution in [0, 0.1) is 0 Å². The first-order valence-corrected chi connectivity index (χ1v) is 15.7. The van der Waals surface area contributed by atoms with Gasteiger partial charge in [-0.05, 0) is 32.1 Å². The molecule has 4 aliphatic rings. The minimum atomic E-state index is -1.30. The monoisotopic (exact) mass is 615 g/mol. The van der Waals surface area contributed by atoms with E-state index in [1.165, 1.54) is 28.0 Å². The summed E-state index contributed by atoms with van der Waals surface area (Å²) in [5.41, 5.74) is 6.92. The quantitative estimate of drug-likeness (QED) is 0.147. The number of carbonyl (C=O) groups excluding carboxylic acids is 3. The molecule has 5 heterocycles. The van der Waals surface area contributed by atoms with E-state index in [2.05, 4.69) is 25.8 Å². The number of thiazole rings is 2. The first kappa shape index (κ1) is 27.4. The number of rotatable bonds is 8. The third kappa shape index (κ3) is 5.10. The minimum absolute atomic E-state index is 0.102. The molecule has 1 aliphatic carbocycles. The predicted molar refractivity (Wildman–Crippen MR) is 153 cm³/mol. The van der Waals surface area contributed by atoms with Crippen molar-refractivity contribution in [3.63, 3.8) is 0 Å². The highest BCUT2D eigenvalue weighted by molar-refractivity contribution is 8.00. The average Bonchev–Trinajstić information content (AvgIpc) is 3.78. The lowest BCUT2D eigenvalue weighted by Crippen LogP contribution is -2.71. The number of hydrogen-bond acceptors (Lipinski definition) is 12. The van der Waals surface area contributed by atoms with Gasteiger partial charge in [0, 0.05) is 46.0 Å². The second-order valence-electron chi connectivity index (χ2n) is 9.71. The Hall–Kier alpha value is -3.76. The van der Waals surface area contributed by atoms with Gasteiger partial charge in [0.25, 0.3) is 11.8 Å². The molecule has 5 N–H and O–H groups in total. The third-order valence-corrected chi connectivity index (χ3v) is 9.96. The smallest absolute Gasteiger partial charge is 0.352 e. The number of carboxylic acid groups (broad SMARTS) is 1. The third-order valence-electron chi connectivity index (χ3n) is 7.22. The minimum Gasteiger partial charge on any atom is -0.477 e. The van der Waals surface area contributed by atoms with Gasteiger partial charge in [0.1, 0.15) is 33.9 Å². The van der Waals surface area contributed by atoms with Crippen LogP contribution in [-0.4, -0.2) is 79.2 Å². The summed E-state index contributed by atoms with van der Waals surface area (Å²) >= 11 is 3.74. The van der Waals surface area contributed by atoms with Crippen molar-refractivity contribution in [1.29, 1.82) is 0 Å². The molecule has 2 aromatic heterocycles. The molecule has 0 spiro atoms. The number of anilines is 1. The zero-order chi connectivity index (χ0) is 28.7. The van der Waals surface area contributed by atoms with Gasteiger partial charge in [-0.15, -0.1) is 34.4 Å². The van der Waals surface area contributed by atoms with Crippen LogP contribution in [0.3, 0.4) is 0 Å². The molecule has 214 valence electrons. The number of amides is 3. The molecule has 3 amide bonds. The van der Waals surface area contributed by atoms with Crippen molar-refractivity contribution in [2.45, 2.75) is 49.6 Å². The number of carboxylic acids is 1. The fraction of sp³-hybridized carbons (Fsp3) is 0.400. The highest BCUT2D eigenvalue weighted by atomic mass is 32.2. The van der Waals surface area contributed by atoms with Crippen LogP contribution in [0.5, 0.6) is 0 Å². The maximum atomic E-state index is 13.4. The van der Waals surface area contributed by atoms with Gasteiger partial charge >= 0.3 is 5.97 Å². The van der Waals surface area contributed by atoms with Crippen molar-refractivity contribution >= 4 is 74.5 Å². The Bertz CT molecular complexity index is 1510. The van der Waals surface area contributed by atoms with E-state index in [1.807, 2.05) is 0 Å². The second-order valence-corrected chi connectivity index (χ2v) is 12.6. The second kappa shape index (κ2) is 11.3. The lowest BCUT2D eigenvalue weighted by atomic mass is 9.95. The Kier molecular flexibility index (Phi) is 7.52. The molecule has 6 rings (SSSR count). The molecule has 2 saturated heterocycles. The maximum absolute atomic E-state index is 13.4. The molecule has 0 bridgehead atoms. The summed E-state index contributed by atoms with van der Waals surface area (Å²) in [5.74, 6) is -2.65. The first-order chi connectivity index (χ1) is 19.8. The van der Waals surface area contributed by atoms with Crippen molar-refractivity contribution in [3.8, 4) is 0 Å². The van der Waals surface area contributed by atoms with E-state index in [-0.39, 0.29) is 40.0 Å².